The van der Waals surface area contributed by atoms with E-state index in [0.717, 1.165) is 25.7 Å². The van der Waals surface area contributed by atoms with Crippen LogP contribution in [-0.4, -0.2) is 24.9 Å². The molecule has 0 heterocycles. The smallest absolute Gasteiger partial charge is 0.447 e. The Hall–Kier alpha value is -1.46. The van der Waals surface area contributed by atoms with Crippen LogP contribution >= 0.6 is 0 Å². The molecule has 0 atom stereocenters. The van der Waals surface area contributed by atoms with Crippen molar-refractivity contribution in [3.63, 3.8) is 0 Å². The van der Waals surface area contributed by atoms with Crippen LogP contribution in [0.5, 0.6) is 0 Å². The summed E-state index contributed by atoms with van der Waals surface area (Å²) < 4.78 is 9.56. The molecule has 0 N–H and O–H groups in total. The van der Waals surface area contributed by atoms with E-state index in [0.29, 0.717) is 6.42 Å². The van der Waals surface area contributed by atoms with E-state index in [4.69, 9.17) is 4.74 Å². The maximum atomic E-state index is 11.1. The highest BCUT2D eigenvalue weighted by molar-refractivity contribution is 5.73. The van der Waals surface area contributed by atoms with Crippen molar-refractivity contribution in [1.29, 1.82) is 0 Å². The minimum atomic E-state index is -0.856. The predicted molar refractivity (Wildman–Crippen MR) is 55.2 cm³/mol. The van der Waals surface area contributed by atoms with E-state index >= 15 is 0 Å². The van der Waals surface area contributed by atoms with Crippen molar-refractivity contribution in [2.75, 3.05) is 6.61 Å². The topological polar surface area (TPSA) is 77.3 Å². The molecule has 6 heteroatoms. The Labute approximate surface area is 94.0 Å². The summed E-state index contributed by atoms with van der Waals surface area (Å²) in [6.45, 7) is 2.13. The first kappa shape index (κ1) is 12.6. The molecule has 2 amide bonds. The van der Waals surface area contributed by atoms with Crippen molar-refractivity contribution >= 4 is 12.2 Å². The molecular formula is C10H16N2O4. The molecule has 0 unspecified atom stereocenters. The number of rotatable bonds is 3. The van der Waals surface area contributed by atoms with Gasteiger partial charge in [-0.25, -0.2) is 9.59 Å². The lowest BCUT2D eigenvalue weighted by Gasteiger charge is -2.06. The van der Waals surface area contributed by atoms with Crippen molar-refractivity contribution in [2.24, 2.45) is 10.2 Å². The van der Waals surface area contributed by atoms with Gasteiger partial charge in [0.05, 0.1) is 6.61 Å². The molecule has 16 heavy (non-hydrogen) atoms. The summed E-state index contributed by atoms with van der Waals surface area (Å²) in [7, 11) is 0. The van der Waals surface area contributed by atoms with E-state index in [1.807, 2.05) is 6.92 Å². The lowest BCUT2D eigenvalue weighted by atomic mass is 10.3. The number of nitrogens with zero attached hydrogens (tertiary/aromatic N) is 2. The zero-order valence-electron chi connectivity index (χ0n) is 9.35. The van der Waals surface area contributed by atoms with Crippen molar-refractivity contribution in [1.82, 2.24) is 0 Å². The highest BCUT2D eigenvalue weighted by Gasteiger charge is 2.19. The zero-order valence-corrected chi connectivity index (χ0v) is 9.35. The third-order valence-corrected chi connectivity index (χ3v) is 2.21. The van der Waals surface area contributed by atoms with E-state index in [1.165, 1.54) is 0 Å². The lowest BCUT2D eigenvalue weighted by Crippen LogP contribution is -2.11. The summed E-state index contributed by atoms with van der Waals surface area (Å²) in [5.74, 6) is 0. The molecule has 1 rings (SSSR count). The molecule has 0 aromatic rings. The maximum absolute atomic E-state index is 11.1. The number of amides is 2. The van der Waals surface area contributed by atoms with Crippen LogP contribution in [0.1, 0.15) is 39.0 Å². The predicted octanol–water partition coefficient (Wildman–Crippen LogP) is 3.06. The Morgan fingerprint density at radius 2 is 1.81 bits per heavy atom. The van der Waals surface area contributed by atoms with Gasteiger partial charge in [-0.05, 0) is 32.1 Å². The van der Waals surface area contributed by atoms with Gasteiger partial charge < -0.3 is 9.47 Å². The van der Waals surface area contributed by atoms with Crippen molar-refractivity contribution in [3.05, 3.63) is 0 Å². The first-order valence-electron chi connectivity index (χ1n) is 5.51. The van der Waals surface area contributed by atoms with E-state index < -0.39 is 12.2 Å². The molecule has 0 saturated heterocycles. The SMILES string of the molecule is CCCOC(=O)/N=N/C(=O)OC1CCCC1. The van der Waals surface area contributed by atoms with E-state index in [1.54, 1.807) is 0 Å². The Morgan fingerprint density at radius 1 is 1.19 bits per heavy atom. The second-order valence-electron chi connectivity index (χ2n) is 3.60. The van der Waals surface area contributed by atoms with Crippen molar-refractivity contribution < 1.29 is 19.1 Å². The number of azo groups is 1. The van der Waals surface area contributed by atoms with E-state index in [-0.39, 0.29) is 12.7 Å². The van der Waals surface area contributed by atoms with Gasteiger partial charge in [-0.15, -0.1) is 0 Å². The highest BCUT2D eigenvalue weighted by Crippen LogP contribution is 2.21. The van der Waals surface area contributed by atoms with Crippen LogP contribution in [-0.2, 0) is 9.47 Å². The first-order valence-corrected chi connectivity index (χ1v) is 5.51. The molecule has 0 aromatic carbocycles. The summed E-state index contributed by atoms with van der Waals surface area (Å²) in [4.78, 5) is 21.9. The number of ether oxygens (including phenoxy) is 2. The Balaban J connectivity index is 2.21. The van der Waals surface area contributed by atoms with Crippen molar-refractivity contribution in [3.8, 4) is 0 Å². The largest absolute Gasteiger partial charge is 0.452 e. The maximum Gasteiger partial charge on any atom is 0.452 e. The van der Waals surface area contributed by atoms with Gasteiger partial charge in [0.2, 0.25) is 0 Å². The second-order valence-corrected chi connectivity index (χ2v) is 3.60. The van der Waals surface area contributed by atoms with Gasteiger partial charge in [-0.1, -0.05) is 17.2 Å². The Kier molecular flexibility index (Phi) is 5.45. The van der Waals surface area contributed by atoms with Gasteiger partial charge in [-0.2, -0.15) is 0 Å². The standard InChI is InChI=1S/C10H16N2O4/c1-2-7-15-9(13)11-12-10(14)16-8-5-3-4-6-8/h8H,2-7H2,1H3/b12-11+. The second kappa shape index (κ2) is 6.92. The van der Waals surface area contributed by atoms with Crippen molar-refractivity contribution in [2.45, 2.75) is 45.1 Å². The van der Waals surface area contributed by atoms with Gasteiger partial charge >= 0.3 is 12.2 Å². The molecule has 0 spiro atoms. The van der Waals surface area contributed by atoms with Gasteiger partial charge in [0.1, 0.15) is 6.10 Å². The Morgan fingerprint density at radius 3 is 2.44 bits per heavy atom. The van der Waals surface area contributed by atoms with Crippen LogP contribution in [0.3, 0.4) is 0 Å². The summed E-state index contributed by atoms with van der Waals surface area (Å²) in [5, 5.41) is 6.22. The summed E-state index contributed by atoms with van der Waals surface area (Å²) >= 11 is 0. The Bertz CT molecular complexity index is 272. The van der Waals surface area contributed by atoms with Gasteiger partial charge in [0.15, 0.2) is 0 Å². The first-order chi connectivity index (χ1) is 7.72. The van der Waals surface area contributed by atoms with Crippen LogP contribution in [0.2, 0.25) is 0 Å². The number of carbonyl (C=O) groups excluding carboxylic acids is 2. The monoisotopic (exact) mass is 228 g/mol. The fraction of sp³-hybridized carbons (Fsp3) is 0.800. The number of hydrogen-bond acceptors (Lipinski definition) is 4. The molecule has 0 aromatic heterocycles. The highest BCUT2D eigenvalue weighted by atomic mass is 16.6. The van der Waals surface area contributed by atoms with Gasteiger partial charge in [0, 0.05) is 0 Å². The summed E-state index contributed by atoms with van der Waals surface area (Å²) in [5.41, 5.74) is 0. The average Bonchev–Trinajstić information content (AvgIpc) is 2.76. The molecule has 0 radical (unpaired) electrons. The quantitative estimate of drug-likeness (QED) is 0.695. The average molecular weight is 228 g/mol. The summed E-state index contributed by atoms with van der Waals surface area (Å²) in [6, 6.07) is 0. The third-order valence-electron chi connectivity index (χ3n) is 2.21. The molecule has 1 aliphatic rings. The number of hydrogen-bond donors (Lipinski definition) is 0. The summed E-state index contributed by atoms with van der Waals surface area (Å²) in [6.07, 6.45) is 2.81. The van der Waals surface area contributed by atoms with E-state index in [2.05, 4.69) is 15.0 Å². The zero-order chi connectivity index (χ0) is 11.8. The van der Waals surface area contributed by atoms with Gasteiger partial charge in [-0.3, -0.25) is 0 Å². The lowest BCUT2D eigenvalue weighted by molar-refractivity contribution is 0.107. The van der Waals surface area contributed by atoms with Crippen LogP contribution < -0.4 is 0 Å². The molecule has 90 valence electrons. The van der Waals surface area contributed by atoms with Gasteiger partial charge in [0.25, 0.3) is 0 Å². The number of carbonyl (C=O) groups is 2. The third kappa shape index (κ3) is 4.86. The van der Waals surface area contributed by atoms with E-state index in [9.17, 15) is 9.59 Å². The molecular weight excluding hydrogens is 212 g/mol. The molecule has 1 fully saturated rings. The van der Waals surface area contributed by atoms with Crippen LogP contribution in [0.15, 0.2) is 10.2 Å². The molecule has 1 saturated carbocycles. The van der Waals surface area contributed by atoms with Crippen LogP contribution in [0.4, 0.5) is 9.59 Å². The van der Waals surface area contributed by atoms with Crippen LogP contribution in [0, 0.1) is 0 Å². The minimum absolute atomic E-state index is 0.0712. The molecule has 0 aliphatic heterocycles. The fourth-order valence-corrected chi connectivity index (χ4v) is 1.47. The normalized spacial score (nSPS) is 16.6. The van der Waals surface area contributed by atoms with Crippen LogP contribution in [0.25, 0.3) is 0 Å². The molecule has 6 nitrogen and oxygen atoms in total. The molecule has 1 aliphatic carbocycles. The minimum Gasteiger partial charge on any atom is -0.447 e. The fourth-order valence-electron chi connectivity index (χ4n) is 1.47. The molecule has 0 bridgehead atoms.